The minimum absolute atomic E-state index is 0.101. The van der Waals surface area contributed by atoms with Crippen molar-refractivity contribution < 1.29 is 9.18 Å². The third kappa shape index (κ3) is 1.54. The van der Waals surface area contributed by atoms with Crippen molar-refractivity contribution in [3.8, 4) is 0 Å². The van der Waals surface area contributed by atoms with Crippen molar-refractivity contribution in [2.75, 3.05) is 0 Å². The largest absolute Gasteiger partial charge is 0.290 e. The molecule has 0 radical (unpaired) electrons. The van der Waals surface area contributed by atoms with E-state index in [4.69, 9.17) is 17.4 Å². The average molecular weight is 189 g/mol. The Bertz CT molecular complexity index is 316. The molecular weight excluding hydrogens is 183 g/mol. The van der Waals surface area contributed by atoms with Gasteiger partial charge in [-0.1, -0.05) is 17.7 Å². The van der Waals surface area contributed by atoms with Crippen LogP contribution in [0.25, 0.3) is 0 Å². The van der Waals surface area contributed by atoms with Gasteiger partial charge in [-0.05, 0) is 12.1 Å². The molecule has 1 aromatic rings. The lowest BCUT2D eigenvalue weighted by molar-refractivity contribution is 0.0949. The number of hydrogen-bond donors (Lipinski definition) is 2. The Labute approximate surface area is 73.3 Å². The normalized spacial score (nSPS) is 9.58. The summed E-state index contributed by atoms with van der Waals surface area (Å²) in [4.78, 5) is 10.9. The molecule has 3 nitrogen and oxygen atoms in total. The van der Waals surface area contributed by atoms with Crippen LogP contribution in [0.15, 0.2) is 18.2 Å². The Balaban J connectivity index is 3.16. The van der Waals surface area contributed by atoms with Gasteiger partial charge in [-0.15, -0.1) is 0 Å². The van der Waals surface area contributed by atoms with Crippen LogP contribution >= 0.6 is 11.6 Å². The number of rotatable bonds is 1. The van der Waals surface area contributed by atoms with E-state index in [2.05, 4.69) is 0 Å². The van der Waals surface area contributed by atoms with Gasteiger partial charge in [0.1, 0.15) is 0 Å². The molecule has 0 unspecified atom stereocenters. The summed E-state index contributed by atoms with van der Waals surface area (Å²) in [5.74, 6) is 3.35. The van der Waals surface area contributed by atoms with Crippen LogP contribution in [0, 0.1) is 5.82 Å². The monoisotopic (exact) mass is 188 g/mol. The van der Waals surface area contributed by atoms with E-state index in [1.54, 1.807) is 0 Å². The van der Waals surface area contributed by atoms with Gasteiger partial charge in [-0.3, -0.25) is 10.2 Å². The van der Waals surface area contributed by atoms with E-state index in [9.17, 15) is 9.18 Å². The van der Waals surface area contributed by atoms with Crippen molar-refractivity contribution in [2.45, 2.75) is 0 Å². The van der Waals surface area contributed by atoms with Crippen molar-refractivity contribution in [1.82, 2.24) is 5.43 Å². The maximum atomic E-state index is 13.0. The molecule has 1 aromatic carbocycles. The van der Waals surface area contributed by atoms with Crippen LogP contribution in [-0.4, -0.2) is 5.91 Å². The third-order valence-electron chi connectivity index (χ3n) is 1.33. The molecule has 12 heavy (non-hydrogen) atoms. The van der Waals surface area contributed by atoms with Gasteiger partial charge in [-0.25, -0.2) is 10.2 Å². The molecule has 0 fully saturated rings. The minimum atomic E-state index is -0.762. The molecule has 64 valence electrons. The van der Waals surface area contributed by atoms with Crippen molar-refractivity contribution in [2.24, 2.45) is 5.84 Å². The summed E-state index contributed by atoms with van der Waals surface area (Å²) in [5.41, 5.74) is 1.65. The van der Waals surface area contributed by atoms with Crippen molar-refractivity contribution in [3.05, 3.63) is 34.6 Å². The van der Waals surface area contributed by atoms with Crippen LogP contribution in [0.3, 0.4) is 0 Å². The SMILES string of the molecule is NNC(=O)c1cccc(Cl)c1F. The van der Waals surface area contributed by atoms with E-state index in [0.717, 1.165) is 0 Å². The van der Waals surface area contributed by atoms with E-state index < -0.39 is 11.7 Å². The van der Waals surface area contributed by atoms with E-state index >= 15 is 0 Å². The lowest BCUT2D eigenvalue weighted by Gasteiger charge is -2.01. The highest BCUT2D eigenvalue weighted by molar-refractivity contribution is 6.31. The molecule has 0 saturated carbocycles. The Morgan fingerprint density at radius 3 is 2.83 bits per heavy atom. The number of halogens is 2. The van der Waals surface area contributed by atoms with E-state index in [0.29, 0.717) is 0 Å². The van der Waals surface area contributed by atoms with Gasteiger partial charge in [0.05, 0.1) is 10.6 Å². The molecule has 5 heteroatoms. The number of hydrogen-bond acceptors (Lipinski definition) is 2. The molecule has 0 aliphatic heterocycles. The van der Waals surface area contributed by atoms with E-state index in [-0.39, 0.29) is 10.6 Å². The fraction of sp³-hybridized carbons (Fsp3) is 0. The molecule has 0 atom stereocenters. The highest BCUT2D eigenvalue weighted by atomic mass is 35.5. The molecule has 1 rings (SSSR count). The number of nitrogens with one attached hydrogen (secondary N) is 1. The first-order valence-corrected chi connectivity index (χ1v) is 3.49. The summed E-state index contributed by atoms with van der Waals surface area (Å²) in [5, 5.41) is -0.101. The van der Waals surface area contributed by atoms with Gasteiger partial charge in [-0.2, -0.15) is 0 Å². The summed E-state index contributed by atoms with van der Waals surface area (Å²) < 4.78 is 13.0. The Morgan fingerprint density at radius 2 is 2.25 bits per heavy atom. The molecule has 3 N–H and O–H groups in total. The summed E-state index contributed by atoms with van der Waals surface area (Å²) in [7, 11) is 0. The quantitative estimate of drug-likeness (QED) is 0.394. The van der Waals surface area contributed by atoms with E-state index in [1.807, 2.05) is 5.43 Å². The predicted octanol–water partition coefficient (Wildman–Crippen LogP) is 1.08. The van der Waals surface area contributed by atoms with E-state index in [1.165, 1.54) is 18.2 Å². The van der Waals surface area contributed by atoms with Crippen molar-refractivity contribution in [3.63, 3.8) is 0 Å². The van der Waals surface area contributed by atoms with Crippen LogP contribution < -0.4 is 11.3 Å². The average Bonchev–Trinajstić information content (AvgIpc) is 2.08. The first-order valence-electron chi connectivity index (χ1n) is 3.11. The number of nitrogen functional groups attached to an aromatic ring is 1. The third-order valence-corrected chi connectivity index (χ3v) is 1.62. The van der Waals surface area contributed by atoms with Crippen molar-refractivity contribution >= 4 is 17.5 Å². The second-order valence-electron chi connectivity index (χ2n) is 2.07. The fourth-order valence-corrected chi connectivity index (χ4v) is 0.931. The Kier molecular flexibility index (Phi) is 2.62. The summed E-state index contributed by atoms with van der Waals surface area (Å²) in [6, 6.07) is 4.11. The zero-order valence-corrected chi connectivity index (χ0v) is 6.73. The smallest absolute Gasteiger partial charge is 0.268 e. The highest BCUT2D eigenvalue weighted by Crippen LogP contribution is 2.17. The van der Waals surface area contributed by atoms with Crippen molar-refractivity contribution in [1.29, 1.82) is 0 Å². The highest BCUT2D eigenvalue weighted by Gasteiger charge is 2.11. The number of carbonyl (C=O) groups is 1. The second-order valence-corrected chi connectivity index (χ2v) is 2.48. The number of carbonyl (C=O) groups excluding carboxylic acids is 1. The first kappa shape index (κ1) is 8.96. The maximum absolute atomic E-state index is 13.0. The number of amides is 1. The number of hydrazine groups is 1. The number of benzene rings is 1. The molecule has 0 bridgehead atoms. The topological polar surface area (TPSA) is 55.1 Å². The van der Waals surface area contributed by atoms with Gasteiger partial charge in [0.2, 0.25) is 0 Å². The lowest BCUT2D eigenvalue weighted by Crippen LogP contribution is -2.30. The Hall–Kier alpha value is -1.13. The van der Waals surface area contributed by atoms with Crippen LogP contribution in [0.4, 0.5) is 4.39 Å². The van der Waals surface area contributed by atoms with Gasteiger partial charge >= 0.3 is 0 Å². The van der Waals surface area contributed by atoms with Crippen LogP contribution in [0.5, 0.6) is 0 Å². The predicted molar refractivity (Wildman–Crippen MR) is 43.1 cm³/mol. The van der Waals surface area contributed by atoms with Gasteiger partial charge in [0.25, 0.3) is 5.91 Å². The zero-order chi connectivity index (χ0) is 9.14. The molecule has 0 aliphatic carbocycles. The molecule has 0 heterocycles. The number of nitrogens with two attached hydrogens (primary N) is 1. The molecule has 1 amide bonds. The molecule has 0 spiro atoms. The summed E-state index contributed by atoms with van der Waals surface area (Å²) in [6.07, 6.45) is 0. The Morgan fingerprint density at radius 1 is 1.58 bits per heavy atom. The first-order chi connectivity index (χ1) is 5.66. The molecular formula is C7H6ClFN2O. The maximum Gasteiger partial charge on any atom is 0.268 e. The van der Waals surface area contributed by atoms with Crippen LogP contribution in [-0.2, 0) is 0 Å². The molecule has 0 aliphatic rings. The van der Waals surface area contributed by atoms with Crippen LogP contribution in [0.1, 0.15) is 10.4 Å². The second kappa shape index (κ2) is 3.51. The molecule has 0 saturated heterocycles. The van der Waals surface area contributed by atoms with Gasteiger partial charge in [0, 0.05) is 0 Å². The lowest BCUT2D eigenvalue weighted by atomic mass is 10.2. The zero-order valence-electron chi connectivity index (χ0n) is 5.97. The fourth-order valence-electron chi connectivity index (χ4n) is 0.757. The minimum Gasteiger partial charge on any atom is -0.290 e. The summed E-state index contributed by atoms with van der Waals surface area (Å²) in [6.45, 7) is 0. The van der Waals surface area contributed by atoms with Gasteiger partial charge < -0.3 is 0 Å². The summed E-state index contributed by atoms with van der Waals surface area (Å²) >= 11 is 5.42. The van der Waals surface area contributed by atoms with Gasteiger partial charge in [0.15, 0.2) is 5.82 Å². The standard InChI is InChI=1S/C7H6ClFN2O/c8-5-3-1-2-4(6(5)9)7(12)11-10/h1-3H,10H2,(H,11,12). The molecule has 0 aromatic heterocycles. The van der Waals surface area contributed by atoms with Crippen LogP contribution in [0.2, 0.25) is 5.02 Å².